The molecule has 1 aliphatic rings. The number of urea groups is 1. The molecule has 0 radical (unpaired) electrons. The fraction of sp³-hybridized carbons (Fsp3) is 0.474. The second-order valence-corrected chi connectivity index (χ2v) is 7.06. The van der Waals surface area contributed by atoms with Crippen molar-refractivity contribution in [1.82, 2.24) is 24.9 Å². The minimum absolute atomic E-state index is 0.134. The molecular weight excluding hydrogens is 333 g/mol. The van der Waals surface area contributed by atoms with Crippen molar-refractivity contribution in [3.05, 3.63) is 52.6 Å². The summed E-state index contributed by atoms with van der Waals surface area (Å²) < 4.78 is 16.1. The molecule has 6 nitrogen and oxygen atoms in total. The molecule has 0 unspecified atom stereocenters. The van der Waals surface area contributed by atoms with Gasteiger partial charge in [0, 0.05) is 45.8 Å². The monoisotopic (exact) mass is 359 g/mol. The first-order valence-corrected chi connectivity index (χ1v) is 8.90. The van der Waals surface area contributed by atoms with Gasteiger partial charge in [0.15, 0.2) is 0 Å². The highest BCUT2D eigenvalue weighted by molar-refractivity contribution is 5.73. The fourth-order valence-corrected chi connectivity index (χ4v) is 3.20. The van der Waals surface area contributed by atoms with Crippen LogP contribution < -0.4 is 5.32 Å². The van der Waals surface area contributed by atoms with Crippen LogP contribution >= 0.6 is 0 Å². The van der Waals surface area contributed by atoms with Crippen LogP contribution in [0.4, 0.5) is 9.18 Å². The third-order valence-electron chi connectivity index (χ3n) is 4.57. The summed E-state index contributed by atoms with van der Waals surface area (Å²) in [6, 6.07) is 7.15. The molecule has 0 bridgehead atoms. The van der Waals surface area contributed by atoms with E-state index in [9.17, 15) is 9.18 Å². The van der Waals surface area contributed by atoms with E-state index < -0.39 is 0 Å². The molecule has 1 aliphatic heterocycles. The quantitative estimate of drug-likeness (QED) is 0.913. The van der Waals surface area contributed by atoms with Gasteiger partial charge < -0.3 is 10.2 Å². The predicted octanol–water partition coefficient (Wildman–Crippen LogP) is 2.51. The van der Waals surface area contributed by atoms with Crippen LogP contribution in [0.1, 0.15) is 28.9 Å². The maximum atomic E-state index is 14.1. The molecule has 0 atom stereocenters. The van der Waals surface area contributed by atoms with E-state index in [2.05, 4.69) is 15.3 Å². The molecule has 0 saturated carbocycles. The van der Waals surface area contributed by atoms with Crippen molar-refractivity contribution in [2.75, 3.05) is 20.6 Å². The maximum absolute atomic E-state index is 14.1. The van der Waals surface area contributed by atoms with Crippen LogP contribution in [-0.4, -0.2) is 46.3 Å². The van der Waals surface area contributed by atoms with Gasteiger partial charge in [-0.15, -0.1) is 0 Å². The summed E-state index contributed by atoms with van der Waals surface area (Å²) in [5.41, 5.74) is 3.75. The lowest BCUT2D eigenvalue weighted by molar-refractivity contribution is 0.217. The van der Waals surface area contributed by atoms with E-state index in [1.54, 1.807) is 20.2 Å². The molecule has 0 saturated heterocycles. The second-order valence-electron chi connectivity index (χ2n) is 7.06. The third-order valence-corrected chi connectivity index (χ3v) is 4.57. The highest BCUT2D eigenvalue weighted by Gasteiger charge is 2.18. The van der Waals surface area contributed by atoms with Gasteiger partial charge in [0.1, 0.15) is 5.82 Å². The molecule has 0 spiro atoms. The van der Waals surface area contributed by atoms with E-state index in [0.717, 1.165) is 48.6 Å². The number of aryl methyl sites for hydroxylation is 2. The number of halogens is 1. The largest absolute Gasteiger partial charge is 0.332 e. The van der Waals surface area contributed by atoms with Gasteiger partial charge in [0.25, 0.3) is 0 Å². The minimum Gasteiger partial charge on any atom is -0.332 e. The lowest BCUT2D eigenvalue weighted by Crippen LogP contribution is -2.34. The number of carbonyl (C=O) groups excluding carboxylic acids is 1. The molecule has 1 N–H and O–H groups in total. The average molecular weight is 359 g/mol. The molecule has 2 aromatic rings. The molecule has 1 aromatic carbocycles. The first-order valence-electron chi connectivity index (χ1n) is 8.90. The Morgan fingerprint density at radius 3 is 2.88 bits per heavy atom. The van der Waals surface area contributed by atoms with Crippen molar-refractivity contribution < 1.29 is 9.18 Å². The summed E-state index contributed by atoms with van der Waals surface area (Å²) in [7, 11) is 3.42. The molecule has 26 heavy (non-hydrogen) atoms. The van der Waals surface area contributed by atoms with Gasteiger partial charge in [-0.2, -0.15) is 5.10 Å². The first kappa shape index (κ1) is 18.4. The number of benzene rings is 1. The molecule has 2 heterocycles. The fourth-order valence-electron chi connectivity index (χ4n) is 3.20. The van der Waals surface area contributed by atoms with Crippen LogP contribution in [-0.2, 0) is 26.2 Å². The van der Waals surface area contributed by atoms with Gasteiger partial charge in [-0.05, 0) is 25.5 Å². The van der Waals surface area contributed by atoms with Crippen LogP contribution in [0.3, 0.4) is 0 Å². The van der Waals surface area contributed by atoms with Crippen molar-refractivity contribution in [2.24, 2.45) is 0 Å². The van der Waals surface area contributed by atoms with Crippen molar-refractivity contribution in [3.63, 3.8) is 0 Å². The Morgan fingerprint density at radius 2 is 2.12 bits per heavy atom. The van der Waals surface area contributed by atoms with Gasteiger partial charge >= 0.3 is 6.03 Å². The first-order chi connectivity index (χ1) is 12.4. The van der Waals surface area contributed by atoms with Gasteiger partial charge in [0.2, 0.25) is 0 Å². The van der Waals surface area contributed by atoms with Crippen LogP contribution in [0.5, 0.6) is 0 Å². The Hall–Kier alpha value is -2.41. The Bertz CT molecular complexity index is 786. The summed E-state index contributed by atoms with van der Waals surface area (Å²) in [5.74, 6) is -0.152. The van der Waals surface area contributed by atoms with Crippen LogP contribution in [0.15, 0.2) is 24.3 Å². The van der Waals surface area contributed by atoms with E-state index in [1.807, 2.05) is 23.7 Å². The normalized spacial score (nSPS) is 14.6. The number of aromatic nitrogens is 2. The molecule has 2 amide bonds. The van der Waals surface area contributed by atoms with Crippen LogP contribution in [0.2, 0.25) is 0 Å². The van der Waals surface area contributed by atoms with Crippen molar-refractivity contribution in [2.45, 2.75) is 39.5 Å². The number of fused-ring (bicyclic) bond motifs is 1. The Kier molecular flexibility index (Phi) is 5.56. The van der Waals surface area contributed by atoms with Crippen LogP contribution in [0.25, 0.3) is 0 Å². The summed E-state index contributed by atoms with van der Waals surface area (Å²) in [4.78, 5) is 15.4. The van der Waals surface area contributed by atoms with Gasteiger partial charge in [-0.3, -0.25) is 9.58 Å². The number of nitrogens with one attached hydrogen (secondary N) is 1. The van der Waals surface area contributed by atoms with Crippen molar-refractivity contribution >= 4 is 6.03 Å². The van der Waals surface area contributed by atoms with E-state index in [1.165, 1.54) is 11.0 Å². The molecule has 0 fully saturated rings. The number of hydrogen-bond acceptors (Lipinski definition) is 3. The van der Waals surface area contributed by atoms with E-state index in [0.29, 0.717) is 13.1 Å². The smallest absolute Gasteiger partial charge is 0.317 e. The average Bonchev–Trinajstić information content (AvgIpc) is 2.88. The second kappa shape index (κ2) is 7.86. The summed E-state index contributed by atoms with van der Waals surface area (Å²) in [6.45, 7) is 5.44. The van der Waals surface area contributed by atoms with Crippen LogP contribution in [0, 0.1) is 12.7 Å². The summed E-state index contributed by atoms with van der Waals surface area (Å²) >= 11 is 0. The standard InChI is InChI=1S/C19H26FN5O/c1-14-5-6-18(20)15(9-14)12-24-7-4-8-25-17(13-24)10-16(22-25)11-21-19(26)23(2)3/h5-6,9-10H,4,7-8,11-13H2,1-3H3,(H,21,26). The Balaban J connectivity index is 1.67. The SMILES string of the molecule is Cc1ccc(F)c(CN2CCCn3nc(CNC(=O)N(C)C)cc3C2)c1. The topological polar surface area (TPSA) is 53.4 Å². The number of nitrogens with zero attached hydrogens (tertiary/aromatic N) is 4. The molecular formula is C19H26FN5O. The van der Waals surface area contributed by atoms with Crippen molar-refractivity contribution in [3.8, 4) is 0 Å². The van der Waals surface area contributed by atoms with E-state index in [-0.39, 0.29) is 11.8 Å². The van der Waals surface area contributed by atoms with Crippen molar-refractivity contribution in [1.29, 1.82) is 0 Å². The Morgan fingerprint density at radius 1 is 1.31 bits per heavy atom. The third kappa shape index (κ3) is 4.40. The molecule has 3 rings (SSSR count). The number of hydrogen-bond donors (Lipinski definition) is 1. The molecule has 0 aliphatic carbocycles. The maximum Gasteiger partial charge on any atom is 0.317 e. The number of rotatable bonds is 4. The molecule has 1 aromatic heterocycles. The lowest BCUT2D eigenvalue weighted by Gasteiger charge is -2.20. The van der Waals surface area contributed by atoms with Gasteiger partial charge in [-0.25, -0.2) is 9.18 Å². The van der Waals surface area contributed by atoms with E-state index >= 15 is 0 Å². The predicted molar refractivity (Wildman–Crippen MR) is 98.0 cm³/mol. The van der Waals surface area contributed by atoms with Gasteiger partial charge in [-0.1, -0.05) is 17.7 Å². The van der Waals surface area contributed by atoms with Gasteiger partial charge in [0.05, 0.1) is 17.9 Å². The lowest BCUT2D eigenvalue weighted by atomic mass is 10.1. The molecule has 7 heteroatoms. The number of amides is 2. The zero-order valence-electron chi connectivity index (χ0n) is 15.6. The zero-order chi connectivity index (χ0) is 18.7. The summed E-state index contributed by atoms with van der Waals surface area (Å²) in [6.07, 6.45) is 0.964. The summed E-state index contributed by atoms with van der Waals surface area (Å²) in [5, 5.41) is 7.43. The van der Waals surface area contributed by atoms with E-state index in [4.69, 9.17) is 0 Å². The number of carbonyl (C=O) groups is 1. The Labute approximate surface area is 153 Å². The zero-order valence-corrected chi connectivity index (χ0v) is 15.6. The minimum atomic E-state index is -0.152. The highest BCUT2D eigenvalue weighted by Crippen LogP contribution is 2.18. The highest BCUT2D eigenvalue weighted by atomic mass is 19.1. The molecule has 140 valence electrons.